The zero-order chi connectivity index (χ0) is 9.84. The van der Waals surface area contributed by atoms with E-state index < -0.39 is 12.0 Å². The van der Waals surface area contributed by atoms with Gasteiger partial charge >= 0.3 is 0 Å². The van der Waals surface area contributed by atoms with E-state index in [0.29, 0.717) is 12.8 Å². The molecule has 1 amide bonds. The summed E-state index contributed by atoms with van der Waals surface area (Å²) in [7, 11) is 0. The van der Waals surface area contributed by atoms with Crippen LogP contribution in [0.3, 0.4) is 0 Å². The Morgan fingerprint density at radius 2 is 2.38 bits per heavy atom. The van der Waals surface area contributed by atoms with Crippen molar-refractivity contribution >= 4 is 11.7 Å². The lowest BCUT2D eigenvalue weighted by molar-refractivity contribution is -0.125. The van der Waals surface area contributed by atoms with Crippen LogP contribution in [-0.4, -0.2) is 29.4 Å². The highest BCUT2D eigenvalue weighted by Crippen LogP contribution is 2.11. The average molecular weight is 184 g/mol. The molecule has 5 heteroatoms. The fourth-order valence-corrected chi connectivity index (χ4v) is 1.06. The first-order valence-electron chi connectivity index (χ1n) is 4.04. The maximum Gasteiger partial charge on any atom is 0.248 e. The van der Waals surface area contributed by atoms with Gasteiger partial charge in [0.05, 0.1) is 0 Å². The molecule has 0 aromatic rings. The van der Waals surface area contributed by atoms with Crippen molar-refractivity contribution in [2.24, 2.45) is 5.73 Å². The molecule has 13 heavy (non-hydrogen) atoms. The number of aliphatic hydroxyl groups excluding tert-OH is 1. The number of amides is 1. The molecule has 1 atom stereocenters. The second kappa shape index (κ2) is 4.04. The Morgan fingerprint density at radius 3 is 2.85 bits per heavy atom. The first kappa shape index (κ1) is 9.73. The lowest BCUT2D eigenvalue weighted by Crippen LogP contribution is -2.37. The summed E-state index contributed by atoms with van der Waals surface area (Å²) >= 11 is 0. The van der Waals surface area contributed by atoms with E-state index in [1.54, 1.807) is 0 Å². The maximum atomic E-state index is 10.8. The number of allylic oxidation sites excluding steroid dienone is 2. The summed E-state index contributed by atoms with van der Waals surface area (Å²) in [6, 6.07) is 0. The van der Waals surface area contributed by atoms with Crippen LogP contribution in [0.15, 0.2) is 11.8 Å². The van der Waals surface area contributed by atoms with Crippen molar-refractivity contribution in [3.63, 3.8) is 0 Å². The highest BCUT2D eigenvalue weighted by Gasteiger charge is 2.14. The number of aliphatic hydroxyl groups is 1. The van der Waals surface area contributed by atoms with E-state index in [0.717, 1.165) is 5.70 Å². The van der Waals surface area contributed by atoms with Crippen LogP contribution in [0.2, 0.25) is 0 Å². The van der Waals surface area contributed by atoms with E-state index in [1.165, 1.54) is 6.08 Å². The highest BCUT2D eigenvalue weighted by molar-refractivity contribution is 5.92. The monoisotopic (exact) mass is 184 g/mol. The third-order valence-electron chi connectivity index (χ3n) is 1.83. The highest BCUT2D eigenvalue weighted by atomic mass is 16.3. The van der Waals surface area contributed by atoms with Crippen molar-refractivity contribution in [3.05, 3.63) is 11.8 Å². The van der Waals surface area contributed by atoms with E-state index in [9.17, 15) is 9.59 Å². The number of primary amides is 1. The van der Waals surface area contributed by atoms with Crippen molar-refractivity contribution in [2.45, 2.75) is 18.9 Å². The summed E-state index contributed by atoms with van der Waals surface area (Å²) in [5.41, 5.74) is 5.59. The summed E-state index contributed by atoms with van der Waals surface area (Å²) in [5.74, 6) is -0.700. The smallest absolute Gasteiger partial charge is 0.248 e. The third-order valence-corrected chi connectivity index (χ3v) is 1.83. The molecular formula is C8H12N2O3. The SMILES string of the molecule is NC(=O)C(O)CNC1=CC(=O)CC1. The number of carbonyl (C=O) groups is 2. The van der Waals surface area contributed by atoms with Gasteiger partial charge < -0.3 is 16.2 Å². The number of carbonyl (C=O) groups excluding carboxylic acids is 2. The molecule has 0 aromatic carbocycles. The molecule has 0 fully saturated rings. The lowest BCUT2D eigenvalue weighted by Gasteiger charge is -2.09. The fraction of sp³-hybridized carbons (Fsp3) is 0.500. The van der Waals surface area contributed by atoms with Gasteiger partial charge in [0.1, 0.15) is 6.10 Å². The van der Waals surface area contributed by atoms with E-state index in [2.05, 4.69) is 5.32 Å². The zero-order valence-corrected chi connectivity index (χ0v) is 7.12. The van der Waals surface area contributed by atoms with Crippen molar-refractivity contribution < 1.29 is 14.7 Å². The largest absolute Gasteiger partial charge is 0.385 e. The molecule has 72 valence electrons. The predicted octanol–water partition coefficient (Wildman–Crippen LogP) is -1.33. The standard InChI is InChI=1S/C8H12N2O3/c9-8(13)7(12)4-10-5-1-2-6(11)3-5/h3,7,10,12H,1-2,4H2,(H2,9,13). The van der Waals surface area contributed by atoms with Gasteiger partial charge in [-0.1, -0.05) is 0 Å². The molecule has 0 aromatic heterocycles. The molecule has 0 heterocycles. The number of nitrogens with one attached hydrogen (secondary N) is 1. The predicted molar refractivity (Wildman–Crippen MR) is 45.5 cm³/mol. The minimum atomic E-state index is -1.20. The van der Waals surface area contributed by atoms with Crippen LogP contribution in [0.4, 0.5) is 0 Å². The molecule has 0 saturated heterocycles. The van der Waals surface area contributed by atoms with Crippen molar-refractivity contribution in [1.82, 2.24) is 5.32 Å². The molecule has 0 spiro atoms. The topological polar surface area (TPSA) is 92.4 Å². The Kier molecular flexibility index (Phi) is 3.02. The van der Waals surface area contributed by atoms with Crippen molar-refractivity contribution in [2.75, 3.05) is 6.54 Å². The normalized spacial score (nSPS) is 18.2. The Bertz CT molecular complexity index is 260. The van der Waals surface area contributed by atoms with Gasteiger partial charge in [-0.15, -0.1) is 0 Å². The van der Waals surface area contributed by atoms with Crippen LogP contribution < -0.4 is 11.1 Å². The molecule has 5 nitrogen and oxygen atoms in total. The molecule has 0 bridgehead atoms. The molecule has 0 aliphatic heterocycles. The van der Waals surface area contributed by atoms with E-state index in [1.807, 2.05) is 0 Å². The van der Waals surface area contributed by atoms with Gasteiger partial charge in [0.25, 0.3) is 0 Å². The number of hydrogen-bond donors (Lipinski definition) is 3. The first-order valence-corrected chi connectivity index (χ1v) is 4.04. The molecule has 0 saturated carbocycles. The minimum Gasteiger partial charge on any atom is -0.385 e. The van der Waals surface area contributed by atoms with Gasteiger partial charge in [0.2, 0.25) is 5.91 Å². The molecular weight excluding hydrogens is 172 g/mol. The first-order chi connectivity index (χ1) is 6.09. The molecule has 4 N–H and O–H groups in total. The van der Waals surface area contributed by atoms with Crippen LogP contribution >= 0.6 is 0 Å². The van der Waals surface area contributed by atoms with Crippen LogP contribution in [0.1, 0.15) is 12.8 Å². The molecule has 1 unspecified atom stereocenters. The molecule has 1 rings (SSSR count). The molecule has 0 radical (unpaired) electrons. The Labute approximate surface area is 75.6 Å². The summed E-state index contributed by atoms with van der Waals surface area (Å²) in [6.07, 6.45) is 1.42. The summed E-state index contributed by atoms with van der Waals surface area (Å²) in [5, 5.41) is 11.8. The van der Waals surface area contributed by atoms with E-state index in [-0.39, 0.29) is 12.3 Å². The minimum absolute atomic E-state index is 0.0639. The number of nitrogens with two attached hydrogens (primary N) is 1. The van der Waals surface area contributed by atoms with Gasteiger partial charge in [-0.2, -0.15) is 0 Å². The van der Waals surface area contributed by atoms with Gasteiger partial charge in [0.15, 0.2) is 5.78 Å². The van der Waals surface area contributed by atoms with Crippen molar-refractivity contribution in [1.29, 1.82) is 0 Å². The lowest BCUT2D eigenvalue weighted by atomic mass is 10.3. The summed E-state index contributed by atoms with van der Waals surface area (Å²) < 4.78 is 0. The van der Waals surface area contributed by atoms with Crippen LogP contribution in [0, 0.1) is 0 Å². The average Bonchev–Trinajstić information content (AvgIpc) is 2.47. The number of hydrogen-bond acceptors (Lipinski definition) is 4. The maximum absolute atomic E-state index is 10.8. The van der Waals surface area contributed by atoms with E-state index >= 15 is 0 Å². The van der Waals surface area contributed by atoms with Crippen molar-refractivity contribution in [3.8, 4) is 0 Å². The van der Waals surface area contributed by atoms with E-state index in [4.69, 9.17) is 10.8 Å². The zero-order valence-electron chi connectivity index (χ0n) is 7.12. The van der Waals surface area contributed by atoms with Gasteiger partial charge in [0, 0.05) is 24.7 Å². The molecule has 1 aliphatic carbocycles. The second-order valence-corrected chi connectivity index (χ2v) is 2.93. The van der Waals surface area contributed by atoms with Gasteiger partial charge in [-0.3, -0.25) is 9.59 Å². The second-order valence-electron chi connectivity index (χ2n) is 2.93. The molecule has 1 aliphatic rings. The summed E-state index contributed by atoms with van der Waals surface area (Å²) in [6.45, 7) is 0.0639. The number of ketones is 1. The van der Waals surface area contributed by atoms with Crippen LogP contribution in [0.5, 0.6) is 0 Å². The Morgan fingerprint density at radius 1 is 1.69 bits per heavy atom. The third kappa shape index (κ3) is 2.87. The quantitative estimate of drug-likeness (QED) is 0.504. The van der Waals surface area contributed by atoms with Crippen LogP contribution in [-0.2, 0) is 9.59 Å². The Hall–Kier alpha value is -1.36. The van der Waals surface area contributed by atoms with Gasteiger partial charge in [-0.25, -0.2) is 0 Å². The summed E-state index contributed by atoms with van der Waals surface area (Å²) in [4.78, 5) is 21.2. The van der Waals surface area contributed by atoms with Gasteiger partial charge in [-0.05, 0) is 6.42 Å². The van der Waals surface area contributed by atoms with Crippen LogP contribution in [0.25, 0.3) is 0 Å². The number of rotatable bonds is 4. The Balaban J connectivity index is 2.31. The fourth-order valence-electron chi connectivity index (χ4n) is 1.06.